The number of alkyl carbamates (subject to hydrolysis) is 1. The van der Waals surface area contributed by atoms with Crippen LogP contribution in [0.5, 0.6) is 5.75 Å². The van der Waals surface area contributed by atoms with Crippen molar-refractivity contribution in [3.05, 3.63) is 58.7 Å². The summed E-state index contributed by atoms with van der Waals surface area (Å²) < 4.78 is 51.2. The number of epoxide rings is 1. The first-order valence-electron chi connectivity index (χ1n) is 27.3. The zero-order valence-corrected chi connectivity index (χ0v) is 47.6. The molecule has 1 spiro atoms. The number of esters is 1. The molecule has 0 radical (unpaired) electrons. The number of nitrogens with zero attached hydrogens (tertiary/aromatic N) is 3. The first kappa shape index (κ1) is 63.8. The lowest BCUT2D eigenvalue weighted by Crippen LogP contribution is -2.64. The molecule has 8 N–H and O–H groups in total. The number of fused-ring (bicyclic) bond motifs is 5. The number of rotatable bonds is 24. The molecule has 2 saturated heterocycles. The normalized spacial score (nSPS) is 29.3. The van der Waals surface area contributed by atoms with Crippen LogP contribution in [0.15, 0.2) is 48.1 Å². The summed E-state index contributed by atoms with van der Waals surface area (Å²) in [5.74, 6) is -2.34. The van der Waals surface area contributed by atoms with E-state index in [0.29, 0.717) is 64.8 Å². The highest BCUT2D eigenvalue weighted by Gasteiger charge is 2.84. The van der Waals surface area contributed by atoms with E-state index >= 15 is 0 Å². The molecule has 25 heteroatoms. The van der Waals surface area contributed by atoms with Crippen molar-refractivity contribution in [3.63, 3.8) is 0 Å². The Labute approximate surface area is 472 Å². The van der Waals surface area contributed by atoms with E-state index < -0.39 is 77.2 Å². The third kappa shape index (κ3) is 16.9. The van der Waals surface area contributed by atoms with E-state index in [9.17, 15) is 39.0 Å². The van der Waals surface area contributed by atoms with Gasteiger partial charge in [0.1, 0.15) is 34.7 Å². The fourth-order valence-electron chi connectivity index (χ4n) is 10.1. The number of nitrogens with two attached hydrogens (primary N) is 2. The molecule has 1 saturated carbocycles. The molecule has 3 heterocycles. The minimum atomic E-state index is -2.16. The molecule has 3 fully saturated rings. The van der Waals surface area contributed by atoms with Gasteiger partial charge in [-0.15, -0.1) is 0 Å². The first-order valence-corrected chi connectivity index (χ1v) is 27.7. The van der Waals surface area contributed by atoms with Crippen molar-refractivity contribution in [2.24, 2.45) is 16.9 Å². The van der Waals surface area contributed by atoms with Gasteiger partial charge >= 0.3 is 18.2 Å². The minimum Gasteiger partial charge on any atom is -0.495 e. The van der Waals surface area contributed by atoms with Gasteiger partial charge in [-0.05, 0) is 76.0 Å². The van der Waals surface area contributed by atoms with Crippen LogP contribution in [0.4, 0.5) is 15.3 Å². The van der Waals surface area contributed by atoms with E-state index in [2.05, 4.69) is 22.8 Å². The average molecular weight is 1150 g/mol. The molecule has 6 rings (SSSR count). The van der Waals surface area contributed by atoms with Gasteiger partial charge in [-0.1, -0.05) is 54.5 Å². The molecule has 5 aliphatic rings. The Balaban J connectivity index is 0.907. The van der Waals surface area contributed by atoms with Crippen molar-refractivity contribution < 1.29 is 81.6 Å². The van der Waals surface area contributed by atoms with Crippen LogP contribution in [0.3, 0.4) is 0 Å². The fourth-order valence-corrected chi connectivity index (χ4v) is 10.4. The molecule has 0 aromatic heterocycles. The summed E-state index contributed by atoms with van der Waals surface area (Å²) in [6.45, 7) is 6.87. The molecular weight excluding hydrogens is 1070 g/mol. The highest BCUT2D eigenvalue weighted by Crippen LogP contribution is 2.71. The number of hydrogen-bond donors (Lipinski definition) is 6. The van der Waals surface area contributed by atoms with E-state index in [-0.39, 0.29) is 79.8 Å². The largest absolute Gasteiger partial charge is 0.495 e. The van der Waals surface area contributed by atoms with E-state index in [1.807, 2.05) is 6.92 Å². The molecule has 2 aliphatic carbocycles. The summed E-state index contributed by atoms with van der Waals surface area (Å²) in [7, 11) is 5.90. The third-order valence-corrected chi connectivity index (χ3v) is 15.6. The lowest BCUT2D eigenvalue weighted by molar-refractivity contribution is -0.163. The Hall–Kier alpha value is -5.41. The van der Waals surface area contributed by atoms with Crippen molar-refractivity contribution in [1.82, 2.24) is 20.4 Å². The predicted molar refractivity (Wildman–Crippen MR) is 291 cm³/mol. The van der Waals surface area contributed by atoms with Gasteiger partial charge in [-0.25, -0.2) is 14.4 Å². The van der Waals surface area contributed by atoms with Gasteiger partial charge < -0.3 is 78.6 Å². The third-order valence-electron chi connectivity index (χ3n) is 15.2. The summed E-state index contributed by atoms with van der Waals surface area (Å²) >= 11 is 6.77. The molecule has 24 nitrogen and oxygen atoms in total. The second-order valence-electron chi connectivity index (χ2n) is 21.3. The zero-order chi connectivity index (χ0) is 58.3. The maximum atomic E-state index is 14.3. The van der Waals surface area contributed by atoms with Gasteiger partial charge in [0.05, 0.1) is 72.1 Å². The number of halogens is 1. The smallest absolute Gasteiger partial charge is 0.410 e. The number of carbonyl (C=O) groups excluding carboxylic acids is 6. The van der Waals surface area contributed by atoms with Crippen LogP contribution in [0, 0.1) is 5.41 Å². The first-order chi connectivity index (χ1) is 38.1. The number of hydrogen-bond acceptors (Lipinski definition) is 19. The van der Waals surface area contributed by atoms with Crippen molar-refractivity contribution in [3.8, 4) is 5.75 Å². The van der Waals surface area contributed by atoms with Crippen LogP contribution in [0.25, 0.3) is 0 Å². The predicted octanol–water partition coefficient (Wildman–Crippen LogP) is 3.11. The standard InChI is InChI=1S/C55H82ClN7O17/c1-36-14-12-17-41(64)54(71)35-53(80-50(69)60-54)34-52(53,2)49-55(58,79-49)42(33-45(67)62(4)39-31-37(30-36)32-40(72-6)46(39)56)78-48(68)47(57)63(5)44(66)19-13-18-43(65)59-20-22-73-24-26-75-28-29-76-27-25-74-23-21-61(3)51(70)77-38-15-10-8-7-9-11-16-38/h7-8,12,14,17,31-32,38,41-42,47,49,64,71H,9-11,13,15-16,18-30,33-35,57-58H2,1-6H3,(H,59,65)(H,60,69)/b8-7+,17-12+,36-14+/t38?,41-,42+,47-,49+,52-,53+,54+,55+/m1/s1. The minimum absolute atomic E-state index is 0.00226. The van der Waals surface area contributed by atoms with Crippen LogP contribution < -0.4 is 31.7 Å². The fraction of sp³-hybridized carbons (Fsp3) is 0.673. The van der Waals surface area contributed by atoms with Crippen LogP contribution in [0.1, 0.15) is 90.0 Å². The molecular formula is C55H82ClN7O17. The molecule has 1 aromatic carbocycles. The Morgan fingerprint density at radius 1 is 0.963 bits per heavy atom. The number of aliphatic hydroxyl groups is 2. The molecule has 80 heavy (non-hydrogen) atoms. The molecule has 9 atom stereocenters. The van der Waals surface area contributed by atoms with Crippen LogP contribution in [-0.4, -0.2) is 198 Å². The number of benzene rings is 1. The van der Waals surface area contributed by atoms with Crippen molar-refractivity contribution in [2.75, 3.05) is 99.1 Å². The average Bonchev–Trinajstić information content (AvgIpc) is 2.59. The molecule has 1 unspecified atom stereocenters. The van der Waals surface area contributed by atoms with Crippen LogP contribution in [0.2, 0.25) is 5.02 Å². The molecule has 5 amide bonds. The number of likely N-dealkylation sites (N-methyl/N-ethyl adjacent to an activating group) is 2. The molecule has 1 aromatic rings. The number of carbonyl (C=O) groups is 6. The number of ether oxygens (including phenoxy) is 9. The number of aliphatic hydroxyl groups excluding tert-OH is 1. The summed E-state index contributed by atoms with van der Waals surface area (Å²) in [4.78, 5) is 83.2. The Morgan fingerprint density at radius 2 is 1.64 bits per heavy atom. The van der Waals surface area contributed by atoms with Gasteiger partial charge in [-0.2, -0.15) is 0 Å². The Kier molecular flexibility index (Phi) is 23.1. The number of methoxy groups -OCH3 is 1. The second kappa shape index (κ2) is 29.0. The van der Waals surface area contributed by atoms with Gasteiger partial charge in [0.15, 0.2) is 23.7 Å². The Bertz CT molecular complexity index is 2430. The molecule has 3 aliphatic heterocycles. The number of anilines is 1. The summed E-state index contributed by atoms with van der Waals surface area (Å²) in [5, 5.41) is 28.1. The SMILES string of the molecule is COc1cc2cc(c1Cl)N(C)C(=O)C[C@H](OC(=O)[C@H](N)N(C)C(=O)CCCC(=O)NCCOCCOCCOCCOCCN(C)C(=O)OC1CC/C=C/CCC1)[C@]1(N)O[C@H]1[C@@]1(C)C[C@]13C[C@@](O)(NC(=O)O3)[C@H](O)/C=C/C=C(\C)C2. The highest BCUT2D eigenvalue weighted by molar-refractivity contribution is 6.35. The Morgan fingerprint density at radius 3 is 2.34 bits per heavy atom. The number of allylic oxidation sites excluding steroid dienone is 5. The van der Waals surface area contributed by atoms with Gasteiger partial charge in [0.2, 0.25) is 17.7 Å². The number of nitrogens with one attached hydrogen (secondary N) is 2. The van der Waals surface area contributed by atoms with Crippen molar-refractivity contribution in [1.29, 1.82) is 0 Å². The van der Waals surface area contributed by atoms with E-state index in [4.69, 9.17) is 65.7 Å². The van der Waals surface area contributed by atoms with Crippen LogP contribution >= 0.6 is 11.6 Å². The molecule has 4 bridgehead atoms. The van der Waals surface area contributed by atoms with Crippen LogP contribution in [-0.2, 0) is 63.5 Å². The maximum Gasteiger partial charge on any atom is 0.410 e. The lowest BCUT2D eigenvalue weighted by atomic mass is 9.86. The van der Waals surface area contributed by atoms with E-state index in [1.54, 1.807) is 38.3 Å². The number of amides is 5. The molecule has 446 valence electrons. The highest BCUT2D eigenvalue weighted by atomic mass is 35.5. The maximum absolute atomic E-state index is 14.3. The van der Waals surface area contributed by atoms with Crippen molar-refractivity contribution in [2.45, 2.75) is 139 Å². The van der Waals surface area contributed by atoms with E-state index in [1.165, 1.54) is 37.1 Å². The lowest BCUT2D eigenvalue weighted by Gasteiger charge is -2.41. The zero-order valence-electron chi connectivity index (χ0n) is 46.9. The summed E-state index contributed by atoms with van der Waals surface area (Å²) in [6.07, 6.45) is 6.03. The quantitative estimate of drug-likeness (QED) is 0.0216. The van der Waals surface area contributed by atoms with E-state index in [0.717, 1.165) is 42.6 Å². The summed E-state index contributed by atoms with van der Waals surface area (Å²) in [5.41, 5.74) is 8.48. The summed E-state index contributed by atoms with van der Waals surface area (Å²) in [6, 6.07) is 3.41. The van der Waals surface area contributed by atoms with Gasteiger partial charge in [0, 0.05) is 58.9 Å². The van der Waals surface area contributed by atoms with Gasteiger partial charge in [-0.3, -0.25) is 25.4 Å². The van der Waals surface area contributed by atoms with Crippen molar-refractivity contribution >= 4 is 53.2 Å². The monoisotopic (exact) mass is 1150 g/mol. The van der Waals surface area contributed by atoms with Gasteiger partial charge in [0.25, 0.3) is 0 Å². The second-order valence-corrected chi connectivity index (χ2v) is 21.7. The topological polar surface area (TPSA) is 315 Å².